The van der Waals surface area contributed by atoms with E-state index < -0.39 is 11.9 Å². The van der Waals surface area contributed by atoms with E-state index in [0.29, 0.717) is 18.1 Å². The third-order valence-corrected chi connectivity index (χ3v) is 3.03. The van der Waals surface area contributed by atoms with Crippen LogP contribution in [-0.2, 0) is 19.1 Å². The molecule has 0 bridgehead atoms. The van der Waals surface area contributed by atoms with Crippen LogP contribution in [0.15, 0.2) is 24.7 Å². The second-order valence-electron chi connectivity index (χ2n) is 4.86. The first-order valence-electron chi connectivity index (χ1n) is 6.73. The Morgan fingerprint density at radius 3 is 2.78 bits per heavy atom. The fraction of sp³-hybridized carbons (Fsp3) is 0.308. The maximum absolute atomic E-state index is 12.7. The average Bonchev–Trinajstić information content (AvgIpc) is 3.15. The summed E-state index contributed by atoms with van der Waals surface area (Å²) in [5.74, 6) is 0.690. The van der Waals surface area contributed by atoms with E-state index in [1.165, 1.54) is 11.6 Å². The molecule has 0 unspecified atom stereocenters. The maximum Gasteiger partial charge on any atom is 0.433 e. The molecule has 3 rings (SSSR count). The second kappa shape index (κ2) is 5.78. The van der Waals surface area contributed by atoms with Crippen LogP contribution in [0.2, 0.25) is 0 Å². The molecule has 0 radical (unpaired) electrons. The Kier molecular flexibility index (Phi) is 3.80. The van der Waals surface area contributed by atoms with Gasteiger partial charge in [0.1, 0.15) is 17.2 Å². The van der Waals surface area contributed by atoms with E-state index in [1.54, 1.807) is 18.6 Å². The SMILES string of the molecule is Cc1cc(C(F)(F)F)nc(CCn2cc(-c3ncc[nH]3)nn2)n1. The van der Waals surface area contributed by atoms with Crippen LogP contribution < -0.4 is 0 Å². The summed E-state index contributed by atoms with van der Waals surface area (Å²) in [6.07, 6.45) is 0.633. The first kappa shape index (κ1) is 15.1. The summed E-state index contributed by atoms with van der Waals surface area (Å²) in [5, 5.41) is 7.85. The molecule has 0 spiro atoms. The summed E-state index contributed by atoms with van der Waals surface area (Å²) in [7, 11) is 0. The summed E-state index contributed by atoms with van der Waals surface area (Å²) in [4.78, 5) is 14.5. The van der Waals surface area contributed by atoms with Crippen molar-refractivity contribution in [3.63, 3.8) is 0 Å². The Hall–Kier alpha value is -2.78. The van der Waals surface area contributed by atoms with E-state index in [2.05, 4.69) is 30.2 Å². The number of aromatic amines is 1. The number of halogens is 3. The molecular weight excluding hydrogens is 311 g/mol. The predicted molar refractivity (Wildman–Crippen MR) is 73.1 cm³/mol. The van der Waals surface area contributed by atoms with E-state index >= 15 is 0 Å². The van der Waals surface area contributed by atoms with E-state index in [9.17, 15) is 13.2 Å². The minimum absolute atomic E-state index is 0.118. The van der Waals surface area contributed by atoms with Crippen LogP contribution in [0.25, 0.3) is 11.5 Å². The largest absolute Gasteiger partial charge is 0.433 e. The highest BCUT2D eigenvalue weighted by atomic mass is 19.4. The van der Waals surface area contributed by atoms with Gasteiger partial charge < -0.3 is 4.98 Å². The van der Waals surface area contributed by atoms with Gasteiger partial charge in [-0.05, 0) is 13.0 Å². The molecule has 0 aliphatic carbocycles. The van der Waals surface area contributed by atoms with Gasteiger partial charge in [0.2, 0.25) is 0 Å². The first-order valence-corrected chi connectivity index (χ1v) is 6.73. The van der Waals surface area contributed by atoms with Crippen LogP contribution in [-0.4, -0.2) is 34.9 Å². The van der Waals surface area contributed by atoms with Crippen LogP contribution in [0.1, 0.15) is 17.2 Å². The van der Waals surface area contributed by atoms with Crippen molar-refractivity contribution in [2.75, 3.05) is 0 Å². The molecule has 0 saturated carbocycles. The zero-order chi connectivity index (χ0) is 16.4. The van der Waals surface area contributed by atoms with Crippen LogP contribution in [0.3, 0.4) is 0 Å². The lowest BCUT2D eigenvalue weighted by Crippen LogP contribution is -2.13. The second-order valence-corrected chi connectivity index (χ2v) is 4.86. The molecule has 0 aromatic carbocycles. The smallest absolute Gasteiger partial charge is 0.343 e. The number of imidazole rings is 1. The molecule has 120 valence electrons. The quantitative estimate of drug-likeness (QED) is 0.794. The number of nitrogens with zero attached hydrogens (tertiary/aromatic N) is 6. The van der Waals surface area contributed by atoms with Crippen molar-refractivity contribution in [1.29, 1.82) is 0 Å². The molecule has 0 atom stereocenters. The molecule has 10 heteroatoms. The Bertz CT molecular complexity index is 792. The topological polar surface area (TPSA) is 85.2 Å². The minimum atomic E-state index is -4.48. The van der Waals surface area contributed by atoms with Crippen LogP contribution in [0.4, 0.5) is 13.2 Å². The summed E-state index contributed by atoms with van der Waals surface area (Å²) in [5.41, 5.74) is -0.108. The number of hydrogen-bond donors (Lipinski definition) is 1. The van der Waals surface area contributed by atoms with Crippen molar-refractivity contribution in [3.8, 4) is 11.5 Å². The van der Waals surface area contributed by atoms with Crippen molar-refractivity contribution in [2.45, 2.75) is 26.1 Å². The number of H-pyrrole nitrogens is 1. The van der Waals surface area contributed by atoms with E-state index in [4.69, 9.17) is 0 Å². The third kappa shape index (κ3) is 3.52. The van der Waals surface area contributed by atoms with E-state index in [1.807, 2.05) is 0 Å². The zero-order valence-corrected chi connectivity index (χ0v) is 12.0. The van der Waals surface area contributed by atoms with Crippen molar-refractivity contribution in [3.05, 3.63) is 41.9 Å². The van der Waals surface area contributed by atoms with Gasteiger partial charge in [-0.3, -0.25) is 4.68 Å². The van der Waals surface area contributed by atoms with Crippen molar-refractivity contribution >= 4 is 0 Å². The number of hydrogen-bond acceptors (Lipinski definition) is 5. The highest BCUT2D eigenvalue weighted by Crippen LogP contribution is 2.27. The zero-order valence-electron chi connectivity index (χ0n) is 12.0. The van der Waals surface area contributed by atoms with Crippen LogP contribution >= 0.6 is 0 Å². The molecule has 0 fully saturated rings. The molecule has 3 aromatic heterocycles. The maximum atomic E-state index is 12.7. The van der Waals surface area contributed by atoms with Gasteiger partial charge in [0.15, 0.2) is 5.82 Å². The molecule has 3 heterocycles. The summed E-state index contributed by atoms with van der Waals surface area (Å²) < 4.78 is 39.7. The lowest BCUT2D eigenvalue weighted by molar-refractivity contribution is -0.141. The van der Waals surface area contributed by atoms with Crippen LogP contribution in [0, 0.1) is 6.92 Å². The number of aryl methyl sites for hydroxylation is 3. The average molecular weight is 323 g/mol. The molecule has 3 aromatic rings. The molecule has 0 aliphatic heterocycles. The fourth-order valence-corrected chi connectivity index (χ4v) is 2.02. The Morgan fingerprint density at radius 1 is 1.26 bits per heavy atom. The van der Waals surface area contributed by atoms with Gasteiger partial charge in [0, 0.05) is 31.1 Å². The molecule has 23 heavy (non-hydrogen) atoms. The number of rotatable bonds is 4. The van der Waals surface area contributed by atoms with Gasteiger partial charge in [-0.15, -0.1) is 5.10 Å². The fourth-order valence-electron chi connectivity index (χ4n) is 2.02. The highest BCUT2D eigenvalue weighted by Gasteiger charge is 2.33. The predicted octanol–water partition coefficient (Wildman–Crippen LogP) is 2.03. The minimum Gasteiger partial charge on any atom is -0.343 e. The summed E-state index contributed by atoms with van der Waals surface area (Å²) in [6, 6.07) is 0.925. The van der Waals surface area contributed by atoms with E-state index in [-0.39, 0.29) is 17.9 Å². The van der Waals surface area contributed by atoms with Gasteiger partial charge in [-0.1, -0.05) is 5.21 Å². The Morgan fingerprint density at radius 2 is 2.09 bits per heavy atom. The molecule has 0 aliphatic rings. The van der Waals surface area contributed by atoms with Crippen molar-refractivity contribution in [1.82, 2.24) is 34.9 Å². The van der Waals surface area contributed by atoms with Crippen LogP contribution in [0.5, 0.6) is 0 Å². The number of aromatic nitrogens is 7. The monoisotopic (exact) mass is 323 g/mol. The lowest BCUT2D eigenvalue weighted by atomic mass is 10.3. The number of nitrogens with one attached hydrogen (secondary N) is 1. The third-order valence-electron chi connectivity index (χ3n) is 3.03. The first-order chi connectivity index (χ1) is 10.9. The van der Waals surface area contributed by atoms with Gasteiger partial charge >= 0.3 is 6.18 Å². The van der Waals surface area contributed by atoms with Crippen molar-refractivity contribution in [2.24, 2.45) is 0 Å². The molecule has 0 amide bonds. The van der Waals surface area contributed by atoms with Gasteiger partial charge in [-0.25, -0.2) is 15.0 Å². The molecule has 1 N–H and O–H groups in total. The van der Waals surface area contributed by atoms with Gasteiger partial charge in [0.05, 0.1) is 6.20 Å². The highest BCUT2D eigenvalue weighted by molar-refractivity contribution is 5.45. The van der Waals surface area contributed by atoms with Gasteiger partial charge in [0.25, 0.3) is 0 Å². The molecular formula is C13H12F3N7. The lowest BCUT2D eigenvalue weighted by Gasteiger charge is -2.08. The van der Waals surface area contributed by atoms with Crippen molar-refractivity contribution < 1.29 is 13.2 Å². The van der Waals surface area contributed by atoms with Gasteiger partial charge in [-0.2, -0.15) is 13.2 Å². The van der Waals surface area contributed by atoms with E-state index in [0.717, 1.165) is 6.07 Å². The molecule has 0 saturated heterocycles. The summed E-state index contributed by atoms with van der Waals surface area (Å²) in [6.45, 7) is 1.82. The normalized spacial score (nSPS) is 11.8. The number of alkyl halides is 3. The summed E-state index contributed by atoms with van der Waals surface area (Å²) >= 11 is 0. The standard InChI is InChI=1S/C13H12F3N7/c1-8-6-10(13(14,15)16)20-11(19-8)2-5-23-7-9(21-22-23)12-17-3-4-18-12/h3-4,6-7H,2,5H2,1H3,(H,17,18). The Labute approximate surface area is 128 Å². The molecule has 7 nitrogen and oxygen atoms in total. The Balaban J connectivity index is 1.72.